The molecule has 0 radical (unpaired) electrons. The molecule has 0 unspecified atom stereocenters. The Morgan fingerprint density at radius 2 is 1.80 bits per heavy atom. The normalized spacial score (nSPS) is 11.2. The molecule has 1 amide bonds. The second-order valence-corrected chi connectivity index (χ2v) is 7.72. The second-order valence-electron chi connectivity index (χ2n) is 6.72. The molecule has 2 aromatic carbocycles. The summed E-state index contributed by atoms with van der Waals surface area (Å²) in [6.07, 6.45) is 0. The van der Waals surface area contributed by atoms with E-state index in [0.29, 0.717) is 27.3 Å². The molecule has 0 saturated heterocycles. The number of hydrogen-bond donors (Lipinski definition) is 2. The largest absolute Gasteiger partial charge is 0.288 e. The Morgan fingerprint density at radius 3 is 2.57 bits per heavy atom. The molecular formula is C21H15N5O3S. The molecule has 0 spiro atoms. The van der Waals surface area contributed by atoms with Crippen molar-refractivity contribution < 1.29 is 4.79 Å². The number of fused-ring (bicyclic) bond motifs is 2. The van der Waals surface area contributed by atoms with Crippen molar-refractivity contribution in [1.29, 1.82) is 0 Å². The molecule has 8 nitrogen and oxygen atoms in total. The van der Waals surface area contributed by atoms with Gasteiger partial charge in [0.1, 0.15) is 0 Å². The van der Waals surface area contributed by atoms with Gasteiger partial charge >= 0.3 is 0 Å². The summed E-state index contributed by atoms with van der Waals surface area (Å²) in [6.45, 7) is 1.62. The van der Waals surface area contributed by atoms with Crippen LogP contribution in [-0.4, -0.2) is 25.3 Å². The first-order valence-electron chi connectivity index (χ1n) is 9.12. The fraction of sp³-hybridized carbons (Fsp3) is 0.0476. The van der Waals surface area contributed by atoms with Crippen LogP contribution in [0.5, 0.6) is 0 Å². The highest BCUT2D eigenvalue weighted by atomic mass is 32.1. The molecule has 5 rings (SSSR count). The highest BCUT2D eigenvalue weighted by Gasteiger charge is 2.18. The molecule has 0 saturated carbocycles. The summed E-state index contributed by atoms with van der Waals surface area (Å²) in [5.74, 6) is -0.442. The molecule has 0 bridgehead atoms. The average Bonchev–Trinajstić information content (AvgIpc) is 3.32. The lowest BCUT2D eigenvalue weighted by molar-refractivity contribution is 0.101. The van der Waals surface area contributed by atoms with Crippen molar-refractivity contribution in [2.75, 3.05) is 5.43 Å². The predicted molar refractivity (Wildman–Crippen MR) is 116 cm³/mol. The van der Waals surface area contributed by atoms with Crippen LogP contribution >= 0.6 is 11.3 Å². The fourth-order valence-corrected chi connectivity index (χ4v) is 4.28. The summed E-state index contributed by atoms with van der Waals surface area (Å²) < 4.78 is 3.37. The first-order chi connectivity index (χ1) is 14.5. The second kappa shape index (κ2) is 6.82. The Bertz CT molecular complexity index is 1510. The molecule has 30 heavy (non-hydrogen) atoms. The number of hydrogen-bond acceptors (Lipinski definition) is 5. The van der Waals surface area contributed by atoms with Crippen molar-refractivity contribution in [2.45, 2.75) is 6.92 Å². The van der Waals surface area contributed by atoms with Gasteiger partial charge in [-0.05, 0) is 31.2 Å². The highest BCUT2D eigenvalue weighted by Crippen LogP contribution is 2.24. The first-order valence-corrected chi connectivity index (χ1v) is 9.94. The summed E-state index contributed by atoms with van der Waals surface area (Å²) in [7, 11) is 0. The summed E-state index contributed by atoms with van der Waals surface area (Å²) in [6, 6.07) is 17.4. The van der Waals surface area contributed by atoms with Crippen LogP contribution in [0.4, 0.5) is 0 Å². The average molecular weight is 417 g/mol. The van der Waals surface area contributed by atoms with E-state index in [4.69, 9.17) is 0 Å². The fourth-order valence-electron chi connectivity index (χ4n) is 3.36. The zero-order valence-corrected chi connectivity index (χ0v) is 16.6. The van der Waals surface area contributed by atoms with Gasteiger partial charge in [-0.2, -0.15) is 4.68 Å². The number of aromatic amines is 1. The van der Waals surface area contributed by atoms with Crippen LogP contribution < -0.4 is 16.5 Å². The Hall–Kier alpha value is -3.98. The van der Waals surface area contributed by atoms with E-state index in [1.165, 1.54) is 22.1 Å². The van der Waals surface area contributed by atoms with Crippen LogP contribution in [0.2, 0.25) is 0 Å². The topological polar surface area (TPSA) is 102 Å². The van der Waals surface area contributed by atoms with E-state index in [2.05, 4.69) is 15.5 Å². The molecule has 0 aliphatic heterocycles. The smallest absolute Gasteiger partial charge is 0.283 e. The minimum Gasteiger partial charge on any atom is -0.288 e. The molecular weight excluding hydrogens is 402 g/mol. The van der Waals surface area contributed by atoms with Gasteiger partial charge in [0.15, 0.2) is 0 Å². The Balaban J connectivity index is 1.63. The number of thiazole rings is 1. The SMILES string of the molecule is Cc1c2c(=O)n(-c3nc4ccccc4s3)[nH]c2cc(=O)n1NC(=O)c1ccccc1. The molecule has 0 fully saturated rings. The van der Waals surface area contributed by atoms with Crippen molar-refractivity contribution in [2.24, 2.45) is 0 Å². The van der Waals surface area contributed by atoms with E-state index in [9.17, 15) is 14.4 Å². The molecule has 5 aromatic rings. The lowest BCUT2D eigenvalue weighted by atomic mass is 10.2. The van der Waals surface area contributed by atoms with Crippen molar-refractivity contribution in [3.05, 3.63) is 92.6 Å². The summed E-state index contributed by atoms with van der Waals surface area (Å²) in [5.41, 5.74) is 3.69. The van der Waals surface area contributed by atoms with E-state index in [0.717, 1.165) is 14.9 Å². The van der Waals surface area contributed by atoms with Gasteiger partial charge in [0.25, 0.3) is 17.0 Å². The van der Waals surface area contributed by atoms with Gasteiger partial charge < -0.3 is 0 Å². The Labute approximate surface area is 173 Å². The molecule has 3 aromatic heterocycles. The zero-order valence-electron chi connectivity index (χ0n) is 15.7. The monoisotopic (exact) mass is 417 g/mol. The summed E-state index contributed by atoms with van der Waals surface area (Å²) in [5, 5.41) is 3.74. The van der Waals surface area contributed by atoms with Gasteiger partial charge in [0, 0.05) is 11.6 Å². The maximum Gasteiger partial charge on any atom is 0.283 e. The summed E-state index contributed by atoms with van der Waals surface area (Å²) >= 11 is 1.37. The van der Waals surface area contributed by atoms with E-state index in [1.807, 2.05) is 24.3 Å². The summed E-state index contributed by atoms with van der Waals surface area (Å²) in [4.78, 5) is 42.7. The van der Waals surface area contributed by atoms with E-state index >= 15 is 0 Å². The molecule has 0 aliphatic carbocycles. The number of carbonyl (C=O) groups excluding carboxylic acids is 1. The predicted octanol–water partition coefficient (Wildman–Crippen LogP) is 2.78. The number of carbonyl (C=O) groups is 1. The van der Waals surface area contributed by atoms with Crippen LogP contribution in [-0.2, 0) is 0 Å². The van der Waals surface area contributed by atoms with Crippen LogP contribution in [0.25, 0.3) is 26.3 Å². The highest BCUT2D eigenvalue weighted by molar-refractivity contribution is 7.20. The molecule has 0 aliphatic rings. The number of aromatic nitrogens is 4. The zero-order chi connectivity index (χ0) is 20.8. The molecule has 3 heterocycles. The van der Waals surface area contributed by atoms with Crippen LogP contribution in [0.1, 0.15) is 16.1 Å². The molecule has 0 atom stereocenters. The van der Waals surface area contributed by atoms with E-state index in [-0.39, 0.29) is 5.56 Å². The van der Waals surface area contributed by atoms with Crippen LogP contribution in [0.15, 0.2) is 70.3 Å². The van der Waals surface area contributed by atoms with Gasteiger partial charge in [-0.25, -0.2) is 9.66 Å². The first kappa shape index (κ1) is 18.1. The van der Waals surface area contributed by atoms with E-state index < -0.39 is 11.5 Å². The third-order valence-corrected chi connectivity index (χ3v) is 5.85. The lowest BCUT2D eigenvalue weighted by Gasteiger charge is -2.11. The van der Waals surface area contributed by atoms with E-state index in [1.54, 1.807) is 37.3 Å². The number of benzene rings is 2. The van der Waals surface area contributed by atoms with Gasteiger partial charge in [0.05, 0.1) is 26.8 Å². The van der Waals surface area contributed by atoms with Gasteiger partial charge in [-0.1, -0.05) is 41.7 Å². The Kier molecular flexibility index (Phi) is 4.11. The third kappa shape index (κ3) is 2.83. The Morgan fingerprint density at radius 1 is 1.07 bits per heavy atom. The number of H-pyrrole nitrogens is 1. The quantitative estimate of drug-likeness (QED) is 0.471. The number of para-hydroxylation sites is 1. The number of pyridine rings is 1. The van der Waals surface area contributed by atoms with Crippen molar-refractivity contribution in [3.63, 3.8) is 0 Å². The van der Waals surface area contributed by atoms with Crippen molar-refractivity contribution in [3.8, 4) is 5.13 Å². The minimum atomic E-state index is -0.456. The number of rotatable bonds is 3. The lowest BCUT2D eigenvalue weighted by Crippen LogP contribution is -2.34. The number of aryl methyl sites for hydroxylation is 1. The minimum absolute atomic E-state index is 0.308. The maximum atomic E-state index is 13.1. The van der Waals surface area contributed by atoms with Crippen molar-refractivity contribution >= 4 is 38.4 Å². The third-order valence-electron chi connectivity index (χ3n) is 4.83. The van der Waals surface area contributed by atoms with Crippen molar-refractivity contribution in [1.82, 2.24) is 19.4 Å². The van der Waals surface area contributed by atoms with Crippen LogP contribution in [0.3, 0.4) is 0 Å². The molecule has 148 valence electrons. The van der Waals surface area contributed by atoms with Crippen LogP contribution in [0, 0.1) is 6.92 Å². The molecule has 2 N–H and O–H groups in total. The van der Waals surface area contributed by atoms with Gasteiger partial charge in [0.2, 0.25) is 5.13 Å². The number of nitrogens with zero attached hydrogens (tertiary/aromatic N) is 3. The molecule has 9 heteroatoms. The van der Waals surface area contributed by atoms with Gasteiger partial charge in [-0.3, -0.25) is 24.9 Å². The maximum absolute atomic E-state index is 13.1. The standard InChI is InChI=1S/C21H15N5O3S/c1-12-18-15(11-17(27)25(12)24-19(28)13-7-3-2-4-8-13)23-26(20(18)29)21-22-14-9-5-6-10-16(14)30-21/h2-11,23H,1H3,(H,24,28). The number of nitrogens with one attached hydrogen (secondary N) is 2. The number of amides is 1. The van der Waals surface area contributed by atoms with Gasteiger partial charge in [-0.15, -0.1) is 0 Å².